The first-order valence-corrected chi connectivity index (χ1v) is 10.7. The minimum absolute atomic E-state index is 0.113. The fourth-order valence-corrected chi connectivity index (χ4v) is 3.87. The first-order valence-electron chi connectivity index (χ1n) is 9.84. The summed E-state index contributed by atoms with van der Waals surface area (Å²) in [5.74, 6) is -1.34. The molecule has 0 bridgehead atoms. The summed E-state index contributed by atoms with van der Waals surface area (Å²) < 4.78 is 6.70. The summed E-state index contributed by atoms with van der Waals surface area (Å²) in [6, 6.07) is 18.9. The van der Waals surface area contributed by atoms with Gasteiger partial charge in [-0.25, -0.2) is 9.48 Å². The molecule has 166 valence electrons. The van der Waals surface area contributed by atoms with E-state index in [-0.39, 0.29) is 17.1 Å². The number of carbonyl (C=O) groups is 2. The average molecular weight is 462 g/mol. The van der Waals surface area contributed by atoms with E-state index >= 15 is 0 Å². The lowest BCUT2D eigenvalue weighted by atomic mass is 10.1. The molecule has 4 rings (SSSR count). The van der Waals surface area contributed by atoms with Crippen LogP contribution < -0.4 is 5.32 Å². The van der Waals surface area contributed by atoms with E-state index in [1.165, 1.54) is 35.1 Å². The second-order valence-electron chi connectivity index (χ2n) is 6.97. The van der Waals surface area contributed by atoms with Gasteiger partial charge < -0.3 is 10.1 Å². The van der Waals surface area contributed by atoms with Crippen molar-refractivity contribution in [1.82, 2.24) is 9.78 Å². The van der Waals surface area contributed by atoms with E-state index in [2.05, 4.69) is 10.4 Å². The molecule has 0 radical (unpaired) electrons. The summed E-state index contributed by atoms with van der Waals surface area (Å²) in [6.45, 7) is 0.972. The van der Waals surface area contributed by atoms with Crippen molar-refractivity contribution < 1.29 is 19.2 Å². The van der Waals surface area contributed by atoms with Gasteiger partial charge in [-0.2, -0.15) is 5.10 Å². The van der Waals surface area contributed by atoms with Crippen LogP contribution in [0.1, 0.15) is 16.1 Å². The molecule has 33 heavy (non-hydrogen) atoms. The molecule has 0 fully saturated rings. The Labute approximate surface area is 192 Å². The number of rotatable bonds is 7. The van der Waals surface area contributed by atoms with E-state index < -0.39 is 23.4 Å². The third kappa shape index (κ3) is 4.80. The van der Waals surface area contributed by atoms with Crippen molar-refractivity contribution in [3.05, 3.63) is 93.5 Å². The van der Waals surface area contributed by atoms with Gasteiger partial charge >= 0.3 is 5.97 Å². The fourth-order valence-electron chi connectivity index (χ4n) is 3.19. The van der Waals surface area contributed by atoms with Crippen molar-refractivity contribution in [3.8, 4) is 16.3 Å². The molecule has 0 saturated carbocycles. The Hall–Kier alpha value is -4.31. The number of benzene rings is 2. The summed E-state index contributed by atoms with van der Waals surface area (Å²) in [6.07, 6.45) is 0. The van der Waals surface area contributed by atoms with Crippen LogP contribution in [-0.4, -0.2) is 33.2 Å². The number of hydrogen-bond acceptors (Lipinski definition) is 7. The van der Waals surface area contributed by atoms with E-state index in [0.29, 0.717) is 16.9 Å². The Morgan fingerprint density at radius 2 is 1.91 bits per heavy atom. The number of nitro groups is 1. The molecule has 9 nitrogen and oxygen atoms in total. The molecule has 1 amide bonds. The van der Waals surface area contributed by atoms with Crippen LogP contribution in [0.15, 0.2) is 72.1 Å². The Bertz CT molecular complexity index is 1320. The van der Waals surface area contributed by atoms with Crippen LogP contribution in [0.3, 0.4) is 0 Å². The summed E-state index contributed by atoms with van der Waals surface area (Å²) in [4.78, 5) is 36.6. The quantitative estimate of drug-likeness (QED) is 0.243. The van der Waals surface area contributed by atoms with Gasteiger partial charge in [-0.15, -0.1) is 11.3 Å². The summed E-state index contributed by atoms with van der Waals surface area (Å²) in [5, 5.41) is 20.1. The van der Waals surface area contributed by atoms with E-state index in [1.807, 2.05) is 35.7 Å². The monoisotopic (exact) mass is 462 g/mol. The standard InChI is InChI=1S/C23H18N4O5S/c1-15-17(9-5-10-19(15)27(30)31)24-22(28)14-32-23(29)20-13-18(21-11-6-12-33-21)25-26(20)16-7-3-2-4-8-16/h2-13H,14H2,1H3,(H,24,28). The molecule has 2 aromatic heterocycles. The van der Waals surface area contributed by atoms with Gasteiger partial charge in [0.05, 0.1) is 26.7 Å². The minimum atomic E-state index is -0.722. The lowest BCUT2D eigenvalue weighted by molar-refractivity contribution is -0.385. The van der Waals surface area contributed by atoms with Gasteiger partial charge in [0.1, 0.15) is 5.69 Å². The highest BCUT2D eigenvalue weighted by Gasteiger charge is 2.21. The van der Waals surface area contributed by atoms with E-state index in [1.54, 1.807) is 24.3 Å². The van der Waals surface area contributed by atoms with Crippen LogP contribution in [0.25, 0.3) is 16.3 Å². The molecule has 2 heterocycles. The first kappa shape index (κ1) is 21.9. The van der Waals surface area contributed by atoms with Gasteiger partial charge in [-0.1, -0.05) is 30.3 Å². The molecule has 10 heteroatoms. The van der Waals surface area contributed by atoms with Crippen LogP contribution >= 0.6 is 11.3 Å². The van der Waals surface area contributed by atoms with Gasteiger partial charge in [0, 0.05) is 12.1 Å². The number of nitrogens with zero attached hydrogens (tertiary/aromatic N) is 3. The number of amides is 1. The number of para-hydroxylation sites is 1. The largest absolute Gasteiger partial charge is 0.451 e. The van der Waals surface area contributed by atoms with Crippen molar-refractivity contribution in [2.75, 3.05) is 11.9 Å². The highest BCUT2D eigenvalue weighted by atomic mass is 32.1. The van der Waals surface area contributed by atoms with Gasteiger partial charge in [0.2, 0.25) is 0 Å². The van der Waals surface area contributed by atoms with Crippen molar-refractivity contribution in [2.24, 2.45) is 0 Å². The van der Waals surface area contributed by atoms with Gasteiger partial charge in [0.25, 0.3) is 11.6 Å². The van der Waals surface area contributed by atoms with Gasteiger partial charge in [-0.05, 0) is 36.6 Å². The van der Waals surface area contributed by atoms with E-state index in [9.17, 15) is 19.7 Å². The van der Waals surface area contributed by atoms with Crippen LogP contribution in [0.2, 0.25) is 0 Å². The van der Waals surface area contributed by atoms with Crippen LogP contribution in [0.5, 0.6) is 0 Å². The molecule has 0 unspecified atom stereocenters. The van der Waals surface area contributed by atoms with Crippen LogP contribution in [-0.2, 0) is 9.53 Å². The smallest absolute Gasteiger partial charge is 0.357 e. The van der Waals surface area contributed by atoms with E-state index in [0.717, 1.165) is 4.88 Å². The summed E-state index contributed by atoms with van der Waals surface area (Å²) in [7, 11) is 0. The lowest BCUT2D eigenvalue weighted by Gasteiger charge is -2.10. The average Bonchev–Trinajstić information content (AvgIpc) is 3.49. The van der Waals surface area contributed by atoms with Crippen molar-refractivity contribution in [3.63, 3.8) is 0 Å². The van der Waals surface area contributed by atoms with Crippen molar-refractivity contribution in [1.29, 1.82) is 0 Å². The molecule has 0 saturated heterocycles. The van der Waals surface area contributed by atoms with Gasteiger partial charge in [0.15, 0.2) is 12.3 Å². The number of carbonyl (C=O) groups excluding carboxylic acids is 2. The molecule has 0 aliphatic heterocycles. The number of anilines is 1. The normalized spacial score (nSPS) is 10.6. The maximum atomic E-state index is 12.8. The van der Waals surface area contributed by atoms with E-state index in [4.69, 9.17) is 4.74 Å². The number of hydrogen-bond donors (Lipinski definition) is 1. The number of ether oxygens (including phenoxy) is 1. The fraction of sp³-hybridized carbons (Fsp3) is 0.0870. The number of esters is 1. The lowest BCUT2D eigenvalue weighted by Crippen LogP contribution is -2.22. The Balaban J connectivity index is 1.51. The highest BCUT2D eigenvalue weighted by Crippen LogP contribution is 2.27. The van der Waals surface area contributed by atoms with Crippen molar-refractivity contribution >= 4 is 34.6 Å². The maximum absolute atomic E-state index is 12.8. The third-order valence-corrected chi connectivity index (χ3v) is 5.70. The molecule has 0 aliphatic rings. The number of thiophene rings is 1. The number of nitro benzene ring substituents is 1. The molecule has 1 N–H and O–H groups in total. The Kier molecular flexibility index (Phi) is 6.27. The SMILES string of the molecule is Cc1c(NC(=O)COC(=O)c2cc(-c3cccs3)nn2-c2ccccc2)cccc1[N+](=O)[O-]. The topological polar surface area (TPSA) is 116 Å². The number of aromatic nitrogens is 2. The number of nitrogens with one attached hydrogen (secondary N) is 1. The predicted molar refractivity (Wildman–Crippen MR) is 124 cm³/mol. The molecular formula is C23H18N4O5S. The molecular weight excluding hydrogens is 444 g/mol. The Morgan fingerprint density at radius 3 is 2.61 bits per heavy atom. The summed E-state index contributed by atoms with van der Waals surface area (Å²) >= 11 is 1.49. The van der Waals surface area contributed by atoms with Gasteiger partial charge in [-0.3, -0.25) is 14.9 Å². The zero-order valence-electron chi connectivity index (χ0n) is 17.4. The molecule has 4 aromatic rings. The maximum Gasteiger partial charge on any atom is 0.357 e. The zero-order chi connectivity index (χ0) is 23.4. The molecule has 0 aliphatic carbocycles. The molecule has 0 atom stereocenters. The second kappa shape index (κ2) is 9.45. The molecule has 2 aromatic carbocycles. The second-order valence-corrected chi connectivity index (χ2v) is 7.92. The van der Waals surface area contributed by atoms with Crippen LogP contribution in [0, 0.1) is 17.0 Å². The predicted octanol–water partition coefficient (Wildman–Crippen LogP) is 4.61. The Morgan fingerprint density at radius 1 is 1.12 bits per heavy atom. The minimum Gasteiger partial charge on any atom is -0.451 e. The zero-order valence-corrected chi connectivity index (χ0v) is 18.2. The third-order valence-electron chi connectivity index (χ3n) is 4.80. The van der Waals surface area contributed by atoms with Crippen LogP contribution in [0.4, 0.5) is 11.4 Å². The highest BCUT2D eigenvalue weighted by molar-refractivity contribution is 7.13. The summed E-state index contributed by atoms with van der Waals surface area (Å²) in [5.41, 5.74) is 1.92. The van der Waals surface area contributed by atoms with Crippen molar-refractivity contribution in [2.45, 2.75) is 6.92 Å². The first-order chi connectivity index (χ1) is 15.9. The molecule has 0 spiro atoms.